The summed E-state index contributed by atoms with van der Waals surface area (Å²) in [5.74, 6) is 2.97. The highest BCUT2D eigenvalue weighted by molar-refractivity contribution is 5.86. The first-order valence-electron chi connectivity index (χ1n) is 10.00. The van der Waals surface area contributed by atoms with Crippen molar-refractivity contribution in [1.29, 1.82) is 0 Å². The first kappa shape index (κ1) is 17.7. The Kier molecular flexibility index (Phi) is 3.99. The van der Waals surface area contributed by atoms with E-state index < -0.39 is 0 Å². The second-order valence-electron chi connectivity index (χ2n) is 7.19. The summed E-state index contributed by atoms with van der Waals surface area (Å²) in [5, 5.41) is 0. The van der Waals surface area contributed by atoms with Gasteiger partial charge in [-0.1, -0.05) is 12.1 Å². The molecule has 0 unspecified atom stereocenters. The number of aromatic nitrogens is 4. The molecule has 2 aromatic heterocycles. The van der Waals surface area contributed by atoms with Gasteiger partial charge in [0.2, 0.25) is 0 Å². The molecule has 0 N–H and O–H groups in total. The topological polar surface area (TPSA) is 71.3 Å². The molecule has 0 bridgehead atoms. The van der Waals surface area contributed by atoms with Gasteiger partial charge in [-0.2, -0.15) is 0 Å². The fourth-order valence-electron chi connectivity index (χ4n) is 3.81. The quantitative estimate of drug-likeness (QED) is 0.439. The molecule has 6 rings (SSSR count). The van der Waals surface area contributed by atoms with Crippen molar-refractivity contribution in [3.05, 3.63) is 66.7 Å². The van der Waals surface area contributed by atoms with Gasteiger partial charge in [-0.15, -0.1) is 0 Å². The summed E-state index contributed by atoms with van der Waals surface area (Å²) in [5.41, 5.74) is 4.69. The molecular weight excluding hydrogens is 392 g/mol. The lowest BCUT2D eigenvalue weighted by molar-refractivity contribution is 0.171. The van der Waals surface area contributed by atoms with Crippen molar-refractivity contribution in [3.8, 4) is 34.3 Å². The lowest BCUT2D eigenvalue weighted by Gasteiger charge is -2.19. The summed E-state index contributed by atoms with van der Waals surface area (Å²) >= 11 is 0. The molecule has 1 aliphatic heterocycles. The van der Waals surface area contributed by atoms with Gasteiger partial charge in [0, 0.05) is 11.6 Å². The zero-order valence-electron chi connectivity index (χ0n) is 16.8. The van der Waals surface area contributed by atoms with Gasteiger partial charge >= 0.3 is 0 Å². The average molecular weight is 410 g/mol. The molecule has 0 fully saturated rings. The van der Waals surface area contributed by atoms with Crippen LogP contribution in [-0.4, -0.2) is 39.8 Å². The van der Waals surface area contributed by atoms with Gasteiger partial charge in [-0.25, -0.2) is 15.0 Å². The monoisotopic (exact) mass is 410 g/mol. The number of hydrogen-bond acceptors (Lipinski definition) is 6. The number of fused-ring (bicyclic) bond motifs is 3. The maximum absolute atomic E-state index is 5.81. The van der Waals surface area contributed by atoms with Crippen molar-refractivity contribution < 1.29 is 14.2 Å². The molecule has 0 spiro atoms. The van der Waals surface area contributed by atoms with Crippen molar-refractivity contribution in [2.24, 2.45) is 0 Å². The van der Waals surface area contributed by atoms with Gasteiger partial charge in [0.25, 0.3) is 0 Å². The number of hydrogen-bond donors (Lipinski definition) is 0. The molecule has 0 amide bonds. The SMILES string of the molecule is COc1ccc(-c2nc3nc4ccccc4nc3n2-c2ccc3c(c2)OCCO3)cc1. The molecule has 0 radical (unpaired) electrons. The second-order valence-corrected chi connectivity index (χ2v) is 7.19. The standard InChI is InChI=1S/C24H18N4O3/c1-29-17-9-6-15(7-10-17)23-27-22-24(26-19-5-3-2-4-18(19)25-22)28(23)16-8-11-20-21(14-16)31-13-12-30-20/h2-11,14H,12-13H2,1H3. The predicted octanol–water partition coefficient (Wildman–Crippen LogP) is 4.42. The third-order valence-electron chi connectivity index (χ3n) is 5.30. The van der Waals surface area contributed by atoms with Gasteiger partial charge in [0.05, 0.1) is 23.8 Å². The molecule has 7 nitrogen and oxygen atoms in total. The molecule has 0 aliphatic carbocycles. The number of nitrogens with zero attached hydrogens (tertiary/aromatic N) is 4. The maximum atomic E-state index is 5.81. The van der Waals surface area contributed by atoms with Crippen molar-refractivity contribution in [2.75, 3.05) is 20.3 Å². The van der Waals surface area contributed by atoms with Crippen LogP contribution in [-0.2, 0) is 0 Å². The van der Waals surface area contributed by atoms with E-state index in [1.54, 1.807) is 7.11 Å². The molecule has 5 aromatic rings. The van der Waals surface area contributed by atoms with E-state index >= 15 is 0 Å². The van der Waals surface area contributed by atoms with E-state index in [1.165, 1.54) is 0 Å². The summed E-state index contributed by atoms with van der Waals surface area (Å²) in [6, 6.07) is 21.5. The zero-order valence-corrected chi connectivity index (χ0v) is 16.8. The Labute approximate surface area is 177 Å². The van der Waals surface area contributed by atoms with Crippen LogP contribution in [0.5, 0.6) is 17.2 Å². The number of ether oxygens (including phenoxy) is 3. The molecule has 1 aliphatic rings. The van der Waals surface area contributed by atoms with Gasteiger partial charge in [0.15, 0.2) is 22.8 Å². The van der Waals surface area contributed by atoms with Crippen LogP contribution < -0.4 is 14.2 Å². The largest absolute Gasteiger partial charge is 0.497 e. The van der Waals surface area contributed by atoms with Crippen molar-refractivity contribution in [1.82, 2.24) is 19.5 Å². The molecule has 3 heterocycles. The smallest absolute Gasteiger partial charge is 0.199 e. The number of methoxy groups -OCH3 is 1. The second kappa shape index (κ2) is 6.98. The maximum Gasteiger partial charge on any atom is 0.199 e. The minimum absolute atomic E-state index is 0.525. The Balaban J connectivity index is 1.63. The third-order valence-corrected chi connectivity index (χ3v) is 5.30. The van der Waals surface area contributed by atoms with Crippen molar-refractivity contribution >= 4 is 22.3 Å². The van der Waals surface area contributed by atoms with Crippen LogP contribution in [0.2, 0.25) is 0 Å². The van der Waals surface area contributed by atoms with E-state index in [9.17, 15) is 0 Å². The van der Waals surface area contributed by atoms with E-state index in [4.69, 9.17) is 29.2 Å². The van der Waals surface area contributed by atoms with Crippen molar-refractivity contribution in [3.63, 3.8) is 0 Å². The van der Waals surface area contributed by atoms with E-state index in [0.29, 0.717) is 30.3 Å². The summed E-state index contributed by atoms with van der Waals surface area (Å²) in [7, 11) is 1.65. The minimum atomic E-state index is 0.525. The van der Waals surface area contributed by atoms with Gasteiger partial charge < -0.3 is 14.2 Å². The van der Waals surface area contributed by atoms with Crippen LogP contribution in [0.25, 0.3) is 39.4 Å². The third kappa shape index (κ3) is 2.93. The molecule has 152 valence electrons. The fraction of sp³-hybridized carbons (Fsp3) is 0.125. The highest BCUT2D eigenvalue weighted by Crippen LogP contribution is 2.35. The Morgan fingerprint density at radius 1 is 0.806 bits per heavy atom. The first-order chi connectivity index (χ1) is 15.3. The summed E-state index contributed by atoms with van der Waals surface area (Å²) in [6.45, 7) is 1.08. The lowest BCUT2D eigenvalue weighted by Crippen LogP contribution is -2.15. The summed E-state index contributed by atoms with van der Waals surface area (Å²) in [6.07, 6.45) is 0. The van der Waals surface area contributed by atoms with Gasteiger partial charge in [-0.3, -0.25) is 4.57 Å². The first-order valence-corrected chi connectivity index (χ1v) is 10.00. The fourth-order valence-corrected chi connectivity index (χ4v) is 3.81. The molecule has 31 heavy (non-hydrogen) atoms. The number of para-hydroxylation sites is 2. The molecular formula is C24H18N4O3. The molecule has 0 saturated heterocycles. The molecule has 7 heteroatoms. The van der Waals surface area contributed by atoms with Gasteiger partial charge in [-0.05, 0) is 48.5 Å². The number of benzene rings is 3. The number of imidazole rings is 1. The summed E-state index contributed by atoms with van der Waals surface area (Å²) in [4.78, 5) is 14.5. The average Bonchev–Trinajstić information content (AvgIpc) is 3.20. The highest BCUT2D eigenvalue weighted by Gasteiger charge is 2.20. The Hall–Kier alpha value is -4.13. The predicted molar refractivity (Wildman–Crippen MR) is 117 cm³/mol. The molecule has 0 saturated carbocycles. The Morgan fingerprint density at radius 3 is 2.32 bits per heavy atom. The Bertz CT molecular complexity index is 1430. The summed E-state index contributed by atoms with van der Waals surface area (Å²) < 4.78 is 18.8. The number of rotatable bonds is 3. The lowest BCUT2D eigenvalue weighted by atomic mass is 10.2. The van der Waals surface area contributed by atoms with E-state index in [-0.39, 0.29) is 0 Å². The van der Waals surface area contributed by atoms with E-state index in [2.05, 4.69) is 0 Å². The van der Waals surface area contributed by atoms with Crippen molar-refractivity contribution in [2.45, 2.75) is 0 Å². The van der Waals surface area contributed by atoms with Crippen LogP contribution in [0.1, 0.15) is 0 Å². The van der Waals surface area contributed by atoms with E-state index in [1.807, 2.05) is 71.3 Å². The van der Waals surface area contributed by atoms with Gasteiger partial charge in [0.1, 0.15) is 24.8 Å². The van der Waals surface area contributed by atoms with Crippen LogP contribution in [0.4, 0.5) is 0 Å². The Morgan fingerprint density at radius 2 is 1.55 bits per heavy atom. The molecule has 0 atom stereocenters. The van der Waals surface area contributed by atoms with E-state index in [0.717, 1.165) is 39.6 Å². The zero-order chi connectivity index (χ0) is 20.8. The van der Waals surface area contributed by atoms with Crippen LogP contribution in [0.15, 0.2) is 66.7 Å². The highest BCUT2D eigenvalue weighted by atomic mass is 16.6. The minimum Gasteiger partial charge on any atom is -0.497 e. The molecule has 3 aromatic carbocycles. The van der Waals surface area contributed by atoms with Crippen LogP contribution in [0.3, 0.4) is 0 Å². The van der Waals surface area contributed by atoms with Crippen LogP contribution in [0, 0.1) is 0 Å². The van der Waals surface area contributed by atoms with Crippen LogP contribution >= 0.6 is 0 Å². The normalized spacial score (nSPS) is 12.9.